The molecule has 1 N–H and O–H groups in total. The monoisotopic (exact) mass is 275 g/mol. The first-order valence-corrected chi connectivity index (χ1v) is 6.72. The Labute approximate surface area is 116 Å². The second kappa shape index (κ2) is 5.13. The zero-order chi connectivity index (χ0) is 14.1. The summed E-state index contributed by atoms with van der Waals surface area (Å²) in [6.07, 6.45) is 1.55. The number of nitrogens with one attached hydrogen (secondary N) is 1. The number of rotatable bonds is 2. The van der Waals surface area contributed by atoms with Gasteiger partial charge in [0.1, 0.15) is 0 Å². The van der Waals surface area contributed by atoms with E-state index in [2.05, 4.69) is 17.4 Å². The number of carbonyl (C=O) groups is 1. The van der Waals surface area contributed by atoms with E-state index < -0.39 is 0 Å². The van der Waals surface area contributed by atoms with Crippen LogP contribution in [0.3, 0.4) is 0 Å². The number of piperazine rings is 1. The highest BCUT2D eigenvalue weighted by atomic mass is 16.5. The van der Waals surface area contributed by atoms with E-state index in [4.69, 9.17) is 8.94 Å². The van der Waals surface area contributed by atoms with E-state index in [1.807, 2.05) is 11.8 Å². The highest BCUT2D eigenvalue weighted by molar-refractivity contribution is 5.93. The molecule has 106 valence electrons. The molecular weight excluding hydrogens is 258 g/mol. The van der Waals surface area contributed by atoms with Gasteiger partial charge in [-0.1, -0.05) is 5.16 Å². The molecule has 2 unspecified atom stereocenters. The first kappa shape index (κ1) is 12.9. The molecule has 3 rings (SSSR count). The SMILES string of the molecule is CC1NCCN(C(=O)c2cc(-c3ccco3)on2)C1C. The van der Waals surface area contributed by atoms with Crippen LogP contribution >= 0.6 is 0 Å². The lowest BCUT2D eigenvalue weighted by Crippen LogP contribution is -2.57. The molecule has 1 aliphatic rings. The van der Waals surface area contributed by atoms with Gasteiger partial charge < -0.3 is 19.2 Å². The van der Waals surface area contributed by atoms with Gasteiger partial charge in [-0.3, -0.25) is 4.79 Å². The van der Waals surface area contributed by atoms with Gasteiger partial charge in [0, 0.05) is 31.2 Å². The Morgan fingerprint density at radius 1 is 1.45 bits per heavy atom. The molecule has 0 saturated carbocycles. The molecule has 0 aromatic carbocycles. The molecule has 2 aromatic heterocycles. The summed E-state index contributed by atoms with van der Waals surface area (Å²) in [5, 5.41) is 7.20. The van der Waals surface area contributed by atoms with Crippen molar-refractivity contribution in [1.82, 2.24) is 15.4 Å². The van der Waals surface area contributed by atoms with Crippen molar-refractivity contribution in [2.75, 3.05) is 13.1 Å². The molecule has 6 nitrogen and oxygen atoms in total. The van der Waals surface area contributed by atoms with E-state index in [9.17, 15) is 4.79 Å². The van der Waals surface area contributed by atoms with Crippen molar-refractivity contribution >= 4 is 5.91 Å². The summed E-state index contributed by atoms with van der Waals surface area (Å²) in [7, 11) is 0. The zero-order valence-electron chi connectivity index (χ0n) is 11.5. The number of amides is 1. The van der Waals surface area contributed by atoms with Crippen LogP contribution < -0.4 is 5.32 Å². The van der Waals surface area contributed by atoms with E-state index >= 15 is 0 Å². The Bertz CT molecular complexity index is 591. The maximum atomic E-state index is 12.5. The fourth-order valence-corrected chi connectivity index (χ4v) is 2.40. The van der Waals surface area contributed by atoms with Crippen molar-refractivity contribution < 1.29 is 13.7 Å². The first-order valence-electron chi connectivity index (χ1n) is 6.72. The average Bonchev–Trinajstić information content (AvgIpc) is 3.11. The fraction of sp³-hybridized carbons (Fsp3) is 0.429. The summed E-state index contributed by atoms with van der Waals surface area (Å²) >= 11 is 0. The lowest BCUT2D eigenvalue weighted by molar-refractivity contribution is 0.0592. The topological polar surface area (TPSA) is 71.5 Å². The molecule has 6 heteroatoms. The van der Waals surface area contributed by atoms with Crippen LogP contribution in [0.15, 0.2) is 33.4 Å². The van der Waals surface area contributed by atoms with E-state index in [0.29, 0.717) is 23.8 Å². The van der Waals surface area contributed by atoms with Crippen molar-refractivity contribution in [3.8, 4) is 11.5 Å². The third-order valence-electron chi connectivity index (χ3n) is 3.79. The number of nitrogens with zero attached hydrogens (tertiary/aromatic N) is 2. The third kappa shape index (κ3) is 2.22. The van der Waals surface area contributed by atoms with E-state index in [0.717, 1.165) is 6.54 Å². The molecule has 0 bridgehead atoms. The van der Waals surface area contributed by atoms with Crippen molar-refractivity contribution in [2.45, 2.75) is 25.9 Å². The van der Waals surface area contributed by atoms with Crippen LogP contribution in [0, 0.1) is 0 Å². The van der Waals surface area contributed by atoms with E-state index in [-0.39, 0.29) is 18.0 Å². The largest absolute Gasteiger partial charge is 0.461 e. The fourth-order valence-electron chi connectivity index (χ4n) is 2.40. The van der Waals surface area contributed by atoms with Gasteiger partial charge in [0.2, 0.25) is 5.76 Å². The van der Waals surface area contributed by atoms with Gasteiger partial charge in [0.15, 0.2) is 11.5 Å². The summed E-state index contributed by atoms with van der Waals surface area (Å²) in [5.74, 6) is 0.930. The Hall–Kier alpha value is -2.08. The highest BCUT2D eigenvalue weighted by Crippen LogP contribution is 2.22. The van der Waals surface area contributed by atoms with Crippen LogP contribution in [0.1, 0.15) is 24.3 Å². The predicted octanol–water partition coefficient (Wildman–Crippen LogP) is 1.76. The predicted molar refractivity (Wildman–Crippen MR) is 72.2 cm³/mol. The smallest absolute Gasteiger partial charge is 0.276 e. The molecule has 2 atom stereocenters. The molecule has 3 heterocycles. The molecule has 0 radical (unpaired) electrons. The summed E-state index contributed by atoms with van der Waals surface area (Å²) in [4.78, 5) is 14.3. The van der Waals surface area contributed by atoms with Crippen molar-refractivity contribution in [3.63, 3.8) is 0 Å². The molecule has 20 heavy (non-hydrogen) atoms. The van der Waals surface area contributed by atoms with Gasteiger partial charge in [-0.05, 0) is 26.0 Å². The standard InChI is InChI=1S/C14H17N3O3/c1-9-10(2)17(6-5-15-9)14(18)11-8-13(20-16-11)12-4-3-7-19-12/h3-4,7-10,15H,5-6H2,1-2H3. The molecule has 1 amide bonds. The van der Waals surface area contributed by atoms with Gasteiger partial charge in [-0.25, -0.2) is 0 Å². The van der Waals surface area contributed by atoms with Crippen LogP contribution in [0.25, 0.3) is 11.5 Å². The Kier molecular flexibility index (Phi) is 3.31. The zero-order valence-corrected chi connectivity index (χ0v) is 11.5. The highest BCUT2D eigenvalue weighted by Gasteiger charge is 2.30. The van der Waals surface area contributed by atoms with Crippen LogP contribution in [0.2, 0.25) is 0 Å². The maximum absolute atomic E-state index is 12.5. The second-order valence-electron chi connectivity index (χ2n) is 5.04. The maximum Gasteiger partial charge on any atom is 0.276 e. The number of furan rings is 1. The van der Waals surface area contributed by atoms with Gasteiger partial charge in [-0.2, -0.15) is 0 Å². The molecule has 1 fully saturated rings. The summed E-state index contributed by atoms with van der Waals surface area (Å²) in [5.41, 5.74) is 0.317. The van der Waals surface area contributed by atoms with Gasteiger partial charge in [0.25, 0.3) is 5.91 Å². The normalized spacial score (nSPS) is 23.0. The summed E-state index contributed by atoms with van der Waals surface area (Å²) in [6, 6.07) is 5.55. The number of carbonyl (C=O) groups excluding carboxylic acids is 1. The first-order chi connectivity index (χ1) is 9.66. The summed E-state index contributed by atoms with van der Waals surface area (Å²) in [6.45, 7) is 5.57. The molecule has 1 aliphatic heterocycles. The van der Waals surface area contributed by atoms with Gasteiger partial charge >= 0.3 is 0 Å². The Balaban J connectivity index is 1.81. The Morgan fingerprint density at radius 2 is 2.30 bits per heavy atom. The summed E-state index contributed by atoms with van der Waals surface area (Å²) < 4.78 is 10.4. The van der Waals surface area contributed by atoms with Crippen LogP contribution in [0.4, 0.5) is 0 Å². The lowest BCUT2D eigenvalue weighted by Gasteiger charge is -2.38. The minimum Gasteiger partial charge on any atom is -0.461 e. The van der Waals surface area contributed by atoms with Crippen LogP contribution in [-0.2, 0) is 0 Å². The van der Waals surface area contributed by atoms with Crippen molar-refractivity contribution in [1.29, 1.82) is 0 Å². The second-order valence-corrected chi connectivity index (χ2v) is 5.04. The van der Waals surface area contributed by atoms with E-state index in [1.54, 1.807) is 24.5 Å². The molecule has 0 spiro atoms. The third-order valence-corrected chi connectivity index (χ3v) is 3.79. The average molecular weight is 275 g/mol. The number of aromatic nitrogens is 1. The molecule has 2 aromatic rings. The van der Waals surface area contributed by atoms with Crippen molar-refractivity contribution in [3.05, 3.63) is 30.2 Å². The quantitative estimate of drug-likeness (QED) is 0.904. The minimum atomic E-state index is -0.104. The minimum absolute atomic E-state index is 0.104. The molecule has 1 saturated heterocycles. The van der Waals surface area contributed by atoms with Gasteiger partial charge in [0.05, 0.1) is 6.26 Å². The number of hydrogen-bond acceptors (Lipinski definition) is 5. The number of hydrogen-bond donors (Lipinski definition) is 1. The molecular formula is C14H17N3O3. The van der Waals surface area contributed by atoms with Crippen LogP contribution in [0.5, 0.6) is 0 Å². The van der Waals surface area contributed by atoms with Gasteiger partial charge in [-0.15, -0.1) is 0 Å². The van der Waals surface area contributed by atoms with E-state index in [1.165, 1.54) is 0 Å². The van der Waals surface area contributed by atoms with Crippen LogP contribution in [-0.4, -0.2) is 41.1 Å². The lowest BCUT2D eigenvalue weighted by atomic mass is 10.1. The Morgan fingerprint density at radius 3 is 3.05 bits per heavy atom. The molecule has 0 aliphatic carbocycles. The van der Waals surface area contributed by atoms with Crippen molar-refractivity contribution in [2.24, 2.45) is 0 Å².